The van der Waals surface area contributed by atoms with Crippen LogP contribution in [0.3, 0.4) is 0 Å². The number of hydrogen-bond donors (Lipinski definition) is 0. The van der Waals surface area contributed by atoms with Gasteiger partial charge in [0.15, 0.2) is 0 Å². The number of aryl methyl sites for hydroxylation is 1. The second kappa shape index (κ2) is 7.23. The third-order valence-corrected chi connectivity index (χ3v) is 9.62. The quantitative estimate of drug-likeness (QED) is 0.567. The highest BCUT2D eigenvalue weighted by atomic mass is 28.4. The molecule has 0 spiro atoms. The van der Waals surface area contributed by atoms with Crippen molar-refractivity contribution >= 4 is 20.1 Å². The predicted molar refractivity (Wildman–Crippen MR) is 107 cm³/mol. The molecule has 0 unspecified atom stereocenters. The van der Waals surface area contributed by atoms with Crippen molar-refractivity contribution in [2.75, 3.05) is 0 Å². The standard InChI is InChI=1S/C21H29NO3Si/c1-15-8-10-16(11-9-15)20(24)18-13-12-17(22(18)5)14-19(23)25-26(6,7)21(2,3)4/h8-13H,14H2,1-7H3. The van der Waals surface area contributed by atoms with E-state index in [-0.39, 0.29) is 23.2 Å². The Morgan fingerprint density at radius 1 is 1.04 bits per heavy atom. The normalized spacial score (nSPS) is 12.1. The monoisotopic (exact) mass is 371 g/mol. The van der Waals surface area contributed by atoms with Gasteiger partial charge in [-0.15, -0.1) is 0 Å². The minimum Gasteiger partial charge on any atom is -0.519 e. The molecule has 0 bridgehead atoms. The van der Waals surface area contributed by atoms with Gasteiger partial charge >= 0.3 is 0 Å². The van der Waals surface area contributed by atoms with Crippen molar-refractivity contribution in [2.24, 2.45) is 7.05 Å². The Morgan fingerprint density at radius 2 is 1.62 bits per heavy atom. The Kier molecular flexibility index (Phi) is 5.61. The molecule has 0 aliphatic rings. The lowest BCUT2D eigenvalue weighted by Gasteiger charge is -2.35. The zero-order valence-electron chi connectivity index (χ0n) is 16.8. The van der Waals surface area contributed by atoms with Gasteiger partial charge in [0.25, 0.3) is 14.3 Å². The van der Waals surface area contributed by atoms with Gasteiger partial charge in [-0.1, -0.05) is 50.6 Å². The number of benzene rings is 1. The Bertz CT molecular complexity index is 811. The summed E-state index contributed by atoms with van der Waals surface area (Å²) < 4.78 is 7.62. The van der Waals surface area contributed by atoms with Crippen LogP contribution >= 0.6 is 0 Å². The van der Waals surface area contributed by atoms with E-state index < -0.39 is 8.32 Å². The van der Waals surface area contributed by atoms with Crippen molar-refractivity contribution in [2.45, 2.75) is 52.2 Å². The van der Waals surface area contributed by atoms with E-state index in [1.165, 1.54) is 0 Å². The molecule has 0 saturated heterocycles. The summed E-state index contributed by atoms with van der Waals surface area (Å²) in [7, 11) is -0.322. The average molecular weight is 372 g/mol. The van der Waals surface area contributed by atoms with Crippen molar-refractivity contribution in [3.8, 4) is 0 Å². The first-order valence-corrected chi connectivity index (χ1v) is 11.8. The molecular weight excluding hydrogens is 342 g/mol. The maximum atomic E-state index is 12.7. The van der Waals surface area contributed by atoms with Gasteiger partial charge in [-0.2, -0.15) is 0 Å². The summed E-state index contributed by atoms with van der Waals surface area (Å²) >= 11 is 0. The molecule has 0 amide bonds. The number of carbonyl (C=O) groups is 2. The summed E-state index contributed by atoms with van der Waals surface area (Å²) in [6.07, 6.45) is 0.171. The summed E-state index contributed by atoms with van der Waals surface area (Å²) in [5.41, 5.74) is 3.11. The molecule has 1 aromatic carbocycles. The van der Waals surface area contributed by atoms with Crippen molar-refractivity contribution in [1.29, 1.82) is 0 Å². The smallest absolute Gasteiger partial charge is 0.298 e. The number of aromatic nitrogens is 1. The summed E-state index contributed by atoms with van der Waals surface area (Å²) in [4.78, 5) is 25.1. The van der Waals surface area contributed by atoms with Crippen LogP contribution in [-0.4, -0.2) is 24.6 Å². The van der Waals surface area contributed by atoms with Crippen LogP contribution < -0.4 is 0 Å². The summed E-state index contributed by atoms with van der Waals surface area (Å²) in [5, 5.41) is -0.0244. The van der Waals surface area contributed by atoms with E-state index in [4.69, 9.17) is 4.43 Å². The van der Waals surface area contributed by atoms with Crippen molar-refractivity contribution < 1.29 is 14.0 Å². The lowest BCUT2D eigenvalue weighted by molar-refractivity contribution is -0.134. The van der Waals surface area contributed by atoms with Crippen LogP contribution in [0.2, 0.25) is 18.1 Å². The van der Waals surface area contributed by atoms with Gasteiger partial charge in [0.05, 0.1) is 12.1 Å². The zero-order valence-corrected chi connectivity index (χ0v) is 17.8. The molecule has 0 N–H and O–H groups in total. The van der Waals surface area contributed by atoms with E-state index in [2.05, 4.69) is 33.9 Å². The van der Waals surface area contributed by atoms with E-state index >= 15 is 0 Å². The van der Waals surface area contributed by atoms with Crippen LogP contribution in [0.4, 0.5) is 0 Å². The van der Waals surface area contributed by atoms with Gasteiger partial charge in [-0.25, -0.2) is 0 Å². The third kappa shape index (κ3) is 4.33. The number of hydrogen-bond acceptors (Lipinski definition) is 3. The molecule has 0 fully saturated rings. The summed E-state index contributed by atoms with van der Waals surface area (Å²) in [5.74, 6) is -0.274. The first-order chi connectivity index (χ1) is 11.9. The number of carbonyl (C=O) groups excluding carboxylic acids is 2. The van der Waals surface area contributed by atoms with Crippen molar-refractivity contribution in [3.05, 3.63) is 58.9 Å². The lowest BCUT2D eigenvalue weighted by Crippen LogP contribution is -2.43. The Labute approximate surface area is 157 Å². The van der Waals surface area contributed by atoms with Crippen molar-refractivity contribution in [1.82, 2.24) is 4.57 Å². The minimum atomic E-state index is -2.14. The van der Waals surface area contributed by atoms with Crippen molar-refractivity contribution in [3.63, 3.8) is 0 Å². The molecule has 0 aliphatic heterocycles. The Balaban J connectivity index is 2.15. The first kappa shape index (κ1) is 20.2. The molecular formula is C21H29NO3Si. The van der Waals surface area contributed by atoms with E-state index in [0.717, 1.165) is 11.3 Å². The van der Waals surface area contributed by atoms with Gasteiger partial charge in [0, 0.05) is 18.3 Å². The van der Waals surface area contributed by atoms with E-state index in [1.807, 2.05) is 44.3 Å². The van der Waals surface area contributed by atoms with E-state index in [9.17, 15) is 9.59 Å². The first-order valence-electron chi connectivity index (χ1n) is 8.90. The molecule has 1 aromatic heterocycles. The van der Waals surface area contributed by atoms with Crippen LogP contribution in [0.5, 0.6) is 0 Å². The summed E-state index contributed by atoms with van der Waals surface area (Å²) in [6, 6.07) is 11.1. The van der Waals surface area contributed by atoms with Crippen LogP contribution in [-0.2, 0) is 22.7 Å². The van der Waals surface area contributed by atoms with Gasteiger partial charge in [0.1, 0.15) is 0 Å². The third-order valence-electron chi connectivity index (χ3n) is 5.27. The predicted octanol–water partition coefficient (Wildman–Crippen LogP) is 4.66. The average Bonchev–Trinajstić information content (AvgIpc) is 2.86. The van der Waals surface area contributed by atoms with E-state index in [0.29, 0.717) is 11.3 Å². The number of nitrogens with zero attached hydrogens (tertiary/aromatic N) is 1. The second-order valence-corrected chi connectivity index (χ2v) is 13.1. The zero-order chi connectivity index (χ0) is 19.7. The molecule has 4 nitrogen and oxygen atoms in total. The summed E-state index contributed by atoms with van der Waals surface area (Å²) in [6.45, 7) is 12.4. The molecule has 5 heteroatoms. The highest BCUT2D eigenvalue weighted by Crippen LogP contribution is 2.36. The number of rotatable bonds is 5. The second-order valence-electron chi connectivity index (χ2n) is 8.38. The van der Waals surface area contributed by atoms with E-state index in [1.54, 1.807) is 10.6 Å². The molecule has 1 heterocycles. The van der Waals surface area contributed by atoms with Gasteiger partial charge in [-0.3, -0.25) is 9.59 Å². The molecule has 0 aliphatic carbocycles. The van der Waals surface area contributed by atoms with Gasteiger partial charge in [0.2, 0.25) is 5.78 Å². The SMILES string of the molecule is Cc1ccc(C(=O)c2ccc(CC(=O)O[Si](C)(C)C(C)(C)C)n2C)cc1. The van der Waals surface area contributed by atoms with Gasteiger partial charge < -0.3 is 8.99 Å². The fourth-order valence-corrected chi connectivity index (χ4v) is 3.38. The Hall–Kier alpha value is -2.14. The van der Waals surface area contributed by atoms with Gasteiger partial charge in [-0.05, 0) is 37.2 Å². The largest absolute Gasteiger partial charge is 0.519 e. The molecule has 0 atom stereocenters. The molecule has 0 radical (unpaired) electrons. The minimum absolute atomic E-state index is 0.0244. The molecule has 26 heavy (non-hydrogen) atoms. The van der Waals surface area contributed by atoms with Crippen LogP contribution in [0.1, 0.15) is 48.1 Å². The highest BCUT2D eigenvalue weighted by molar-refractivity contribution is 6.75. The fourth-order valence-electron chi connectivity index (χ4n) is 2.43. The molecule has 2 aromatic rings. The fraction of sp³-hybridized carbons (Fsp3) is 0.429. The highest BCUT2D eigenvalue weighted by Gasteiger charge is 2.40. The lowest BCUT2D eigenvalue weighted by atomic mass is 10.1. The topological polar surface area (TPSA) is 48.3 Å². The Morgan fingerprint density at radius 3 is 2.15 bits per heavy atom. The maximum absolute atomic E-state index is 12.7. The molecule has 140 valence electrons. The molecule has 2 rings (SSSR count). The maximum Gasteiger partial charge on any atom is 0.298 e. The van der Waals surface area contributed by atoms with Crippen LogP contribution in [0.15, 0.2) is 36.4 Å². The van der Waals surface area contributed by atoms with Crippen LogP contribution in [0.25, 0.3) is 0 Å². The number of ketones is 1. The van der Waals surface area contributed by atoms with Crippen LogP contribution in [0, 0.1) is 6.92 Å². The molecule has 0 saturated carbocycles.